The van der Waals surface area contributed by atoms with Gasteiger partial charge in [0.1, 0.15) is 4.45 Å². The van der Waals surface area contributed by atoms with Gasteiger partial charge in [0.15, 0.2) is 0 Å². The molecule has 0 saturated heterocycles. The number of nitrogens with zero attached hydrogens (tertiary/aromatic N) is 2. The molecule has 3 rings (SSSR count). The van der Waals surface area contributed by atoms with Gasteiger partial charge < -0.3 is 4.57 Å². The lowest BCUT2D eigenvalue weighted by atomic mass is 10.1. The number of fused-ring (bicyclic) bond motifs is 1. The van der Waals surface area contributed by atoms with E-state index in [0.29, 0.717) is 6.42 Å². The number of halogens is 1. The number of aromatic nitrogens is 1. The molecule has 0 radical (unpaired) electrons. The van der Waals surface area contributed by atoms with Gasteiger partial charge in [-0.2, -0.15) is 0 Å². The van der Waals surface area contributed by atoms with Crippen LogP contribution in [0, 0.1) is 10.1 Å². The fourth-order valence-electron chi connectivity index (χ4n) is 2.37. The van der Waals surface area contributed by atoms with Gasteiger partial charge in [0, 0.05) is 30.3 Å². The number of rotatable bonds is 2. The summed E-state index contributed by atoms with van der Waals surface area (Å²) >= 11 is 3.64. The molecule has 0 fully saturated rings. The molecule has 0 saturated carbocycles. The molecular weight excluding hydrogens is 308 g/mol. The predicted molar refractivity (Wildman–Crippen MR) is 77.7 cm³/mol. The zero-order chi connectivity index (χ0) is 13.5. The second-order valence-electron chi connectivity index (χ2n) is 4.50. The normalized spacial score (nSPS) is 22.5. The number of alkyl halides is 1. The maximum absolute atomic E-state index is 10.9. The minimum Gasteiger partial charge on any atom is -0.328 e. The van der Waals surface area contributed by atoms with Crippen LogP contribution in [-0.4, -0.2) is 9.49 Å². The highest BCUT2D eigenvalue weighted by atomic mass is 79.9. The predicted octanol–water partition coefficient (Wildman–Crippen LogP) is 3.81. The number of allylic oxidation sites excluding steroid dienone is 3. The van der Waals surface area contributed by atoms with E-state index in [9.17, 15) is 10.1 Å². The number of para-hydroxylation sites is 1. The Morgan fingerprint density at radius 1 is 1.32 bits per heavy atom. The first-order chi connectivity index (χ1) is 9.10. The Bertz CT molecular complexity index is 717. The topological polar surface area (TPSA) is 48.1 Å². The van der Waals surface area contributed by atoms with Gasteiger partial charge in [-0.25, -0.2) is 0 Å². The minimum absolute atomic E-state index is 0.112. The third-order valence-electron chi connectivity index (χ3n) is 3.27. The molecule has 1 aromatic carbocycles. The molecule has 4 nitrogen and oxygen atoms in total. The van der Waals surface area contributed by atoms with Gasteiger partial charge in [0.25, 0.3) is 5.70 Å². The molecule has 0 bridgehead atoms. The van der Waals surface area contributed by atoms with E-state index in [1.54, 1.807) is 12.2 Å². The molecule has 1 atom stereocenters. The van der Waals surface area contributed by atoms with Gasteiger partial charge in [-0.3, -0.25) is 10.1 Å². The Kier molecular flexibility index (Phi) is 2.78. The molecule has 1 heterocycles. The van der Waals surface area contributed by atoms with E-state index in [-0.39, 0.29) is 10.6 Å². The lowest BCUT2D eigenvalue weighted by molar-refractivity contribution is -0.419. The SMILES string of the molecule is O=[N+]([O-])C1=CC(Br)(n2ccc3ccccc32)CC=C1. The molecule has 0 spiro atoms. The number of nitro groups is 1. The molecule has 0 amide bonds. The van der Waals surface area contributed by atoms with Gasteiger partial charge in [0.05, 0.1) is 4.92 Å². The Hall–Kier alpha value is -1.88. The molecule has 0 aliphatic heterocycles. The van der Waals surface area contributed by atoms with Gasteiger partial charge >= 0.3 is 0 Å². The summed E-state index contributed by atoms with van der Waals surface area (Å²) in [6.45, 7) is 0. The zero-order valence-corrected chi connectivity index (χ0v) is 11.6. The first-order valence-electron chi connectivity index (χ1n) is 5.89. The molecular formula is C14H11BrN2O2. The lowest BCUT2D eigenvalue weighted by Crippen LogP contribution is -2.25. The Morgan fingerprint density at radius 3 is 2.89 bits per heavy atom. The smallest absolute Gasteiger partial charge is 0.268 e. The quantitative estimate of drug-likeness (QED) is 0.480. The molecule has 1 aliphatic carbocycles. The average molecular weight is 319 g/mol. The molecule has 19 heavy (non-hydrogen) atoms. The van der Waals surface area contributed by atoms with Crippen molar-refractivity contribution >= 4 is 26.8 Å². The second kappa shape index (κ2) is 4.35. The monoisotopic (exact) mass is 318 g/mol. The van der Waals surface area contributed by atoms with Crippen molar-refractivity contribution in [2.24, 2.45) is 0 Å². The summed E-state index contributed by atoms with van der Waals surface area (Å²) in [6.07, 6.45) is 7.64. The summed E-state index contributed by atoms with van der Waals surface area (Å²) in [5, 5.41) is 12.0. The molecule has 1 aromatic heterocycles. The molecule has 0 N–H and O–H groups in total. The maximum Gasteiger partial charge on any atom is 0.268 e. The molecule has 1 unspecified atom stereocenters. The number of hydrogen-bond acceptors (Lipinski definition) is 2. The van der Waals surface area contributed by atoms with Crippen LogP contribution in [0.3, 0.4) is 0 Å². The highest BCUT2D eigenvalue weighted by Gasteiger charge is 2.31. The van der Waals surface area contributed by atoms with Crippen LogP contribution in [0.1, 0.15) is 6.42 Å². The van der Waals surface area contributed by atoms with Crippen molar-refractivity contribution in [2.45, 2.75) is 10.9 Å². The van der Waals surface area contributed by atoms with Crippen molar-refractivity contribution in [2.75, 3.05) is 0 Å². The highest BCUT2D eigenvalue weighted by molar-refractivity contribution is 9.09. The summed E-state index contributed by atoms with van der Waals surface area (Å²) in [6, 6.07) is 9.99. The van der Waals surface area contributed by atoms with Crippen molar-refractivity contribution in [1.82, 2.24) is 4.57 Å². The Morgan fingerprint density at radius 2 is 2.11 bits per heavy atom. The first-order valence-corrected chi connectivity index (χ1v) is 6.69. The summed E-state index contributed by atoms with van der Waals surface area (Å²) in [4.78, 5) is 10.6. The number of hydrogen-bond donors (Lipinski definition) is 0. The number of benzene rings is 1. The summed E-state index contributed by atoms with van der Waals surface area (Å²) < 4.78 is 1.45. The van der Waals surface area contributed by atoms with E-state index in [2.05, 4.69) is 15.9 Å². The van der Waals surface area contributed by atoms with Crippen LogP contribution in [0.5, 0.6) is 0 Å². The minimum atomic E-state index is -0.576. The maximum atomic E-state index is 10.9. The van der Waals surface area contributed by atoms with Crippen molar-refractivity contribution < 1.29 is 4.92 Å². The fourth-order valence-corrected chi connectivity index (χ4v) is 3.10. The Balaban J connectivity index is 2.15. The van der Waals surface area contributed by atoms with Crippen molar-refractivity contribution in [3.8, 4) is 0 Å². The van der Waals surface area contributed by atoms with Crippen molar-refractivity contribution in [3.63, 3.8) is 0 Å². The lowest BCUT2D eigenvalue weighted by Gasteiger charge is -2.27. The third kappa shape index (κ3) is 2.00. The van der Waals surface area contributed by atoms with E-state index in [1.165, 1.54) is 0 Å². The van der Waals surface area contributed by atoms with E-state index < -0.39 is 4.45 Å². The van der Waals surface area contributed by atoms with Crippen LogP contribution in [0.25, 0.3) is 10.9 Å². The van der Waals surface area contributed by atoms with Gasteiger partial charge in [-0.05, 0) is 17.5 Å². The van der Waals surface area contributed by atoms with Crippen LogP contribution >= 0.6 is 15.9 Å². The molecule has 2 aromatic rings. The van der Waals surface area contributed by atoms with Gasteiger partial charge in [-0.1, -0.05) is 40.2 Å². The highest BCUT2D eigenvalue weighted by Crippen LogP contribution is 2.38. The summed E-state index contributed by atoms with van der Waals surface area (Å²) in [7, 11) is 0. The average Bonchev–Trinajstić information content (AvgIpc) is 2.83. The van der Waals surface area contributed by atoms with E-state index in [0.717, 1.165) is 10.9 Å². The van der Waals surface area contributed by atoms with Crippen molar-refractivity contribution in [3.05, 3.63) is 70.6 Å². The van der Waals surface area contributed by atoms with E-state index in [4.69, 9.17) is 0 Å². The van der Waals surface area contributed by atoms with Crippen LogP contribution in [0.4, 0.5) is 0 Å². The zero-order valence-electron chi connectivity index (χ0n) is 9.99. The summed E-state index contributed by atoms with van der Waals surface area (Å²) in [5.74, 6) is 0. The van der Waals surface area contributed by atoms with Crippen LogP contribution in [0.2, 0.25) is 0 Å². The fraction of sp³-hybridized carbons (Fsp3) is 0.143. The van der Waals surface area contributed by atoms with Crippen LogP contribution < -0.4 is 0 Å². The molecule has 1 aliphatic rings. The standard InChI is InChI=1S/C14H11BrN2O2/c15-14(8-3-5-12(10-14)17(18)19)16-9-7-11-4-1-2-6-13(11)16/h1-7,9-10H,8H2. The Labute approximate surface area is 118 Å². The first kappa shape index (κ1) is 12.2. The second-order valence-corrected chi connectivity index (χ2v) is 5.87. The largest absolute Gasteiger partial charge is 0.328 e. The van der Waals surface area contributed by atoms with Gasteiger partial charge in [0.2, 0.25) is 0 Å². The van der Waals surface area contributed by atoms with Crippen LogP contribution in [-0.2, 0) is 4.45 Å². The van der Waals surface area contributed by atoms with E-state index >= 15 is 0 Å². The molecule has 96 valence electrons. The molecule has 5 heteroatoms. The van der Waals surface area contributed by atoms with Crippen molar-refractivity contribution in [1.29, 1.82) is 0 Å². The third-order valence-corrected chi connectivity index (χ3v) is 4.21. The van der Waals surface area contributed by atoms with Crippen LogP contribution in [0.15, 0.2) is 60.5 Å². The summed E-state index contributed by atoms with van der Waals surface area (Å²) in [5.41, 5.74) is 1.16. The van der Waals surface area contributed by atoms with E-state index in [1.807, 2.05) is 47.2 Å². The van der Waals surface area contributed by atoms with Gasteiger partial charge in [-0.15, -0.1) is 0 Å².